The molecule has 0 unspecified atom stereocenters. The molecule has 4 N–H and O–H groups in total. The minimum atomic E-state index is -0.807. The van der Waals surface area contributed by atoms with Crippen LogP contribution >= 0.6 is 0 Å². The first-order chi connectivity index (χ1) is 9.59. The fraction of sp³-hybridized carbons (Fsp3) is 0. The minimum Gasteiger partial charge on any atom is -0.504 e. The van der Waals surface area contributed by atoms with Crippen LogP contribution in [0.25, 0.3) is 0 Å². The van der Waals surface area contributed by atoms with Crippen molar-refractivity contribution in [2.45, 2.75) is 0 Å². The van der Waals surface area contributed by atoms with Crippen molar-refractivity contribution in [2.75, 3.05) is 0 Å². The molecule has 0 heterocycles. The van der Waals surface area contributed by atoms with Crippen LogP contribution in [0.2, 0.25) is 0 Å². The second-order valence-electron chi connectivity index (χ2n) is 3.93. The highest BCUT2D eigenvalue weighted by atomic mass is 16.3. The molecule has 0 aliphatic carbocycles. The third kappa shape index (κ3) is 2.86. The quantitative estimate of drug-likeness (QED) is 0.296. The largest absolute Gasteiger partial charge is 0.504 e. The molecule has 2 aromatic rings. The molecule has 0 saturated carbocycles. The Kier molecular flexibility index (Phi) is 3.85. The van der Waals surface area contributed by atoms with Crippen LogP contribution in [-0.2, 0) is 0 Å². The molecule has 0 spiro atoms. The fourth-order valence-electron chi connectivity index (χ4n) is 1.49. The normalized spacial score (nSPS) is 11.4. The number of rotatable bonds is 3. The standard InChI is InChI=1S/C14H12N2O4/c17-11-6-10(12(18)14(20)13(11)19)8-16-15-7-9-4-2-1-3-5-9/h1-8,17-20H. The maximum Gasteiger partial charge on any atom is 0.204 e. The first-order valence-corrected chi connectivity index (χ1v) is 5.68. The zero-order valence-corrected chi connectivity index (χ0v) is 10.3. The van der Waals surface area contributed by atoms with E-state index < -0.39 is 23.0 Å². The predicted octanol–water partition coefficient (Wildman–Crippen LogP) is 1.96. The molecule has 20 heavy (non-hydrogen) atoms. The van der Waals surface area contributed by atoms with Gasteiger partial charge in [-0.3, -0.25) is 0 Å². The third-order valence-electron chi connectivity index (χ3n) is 2.53. The van der Waals surface area contributed by atoms with Gasteiger partial charge in [0.1, 0.15) is 0 Å². The number of phenols is 4. The molecule has 2 aromatic carbocycles. The van der Waals surface area contributed by atoms with E-state index in [1.54, 1.807) is 0 Å². The van der Waals surface area contributed by atoms with Gasteiger partial charge in [0, 0.05) is 5.56 Å². The van der Waals surface area contributed by atoms with Crippen LogP contribution < -0.4 is 0 Å². The third-order valence-corrected chi connectivity index (χ3v) is 2.53. The summed E-state index contributed by atoms with van der Waals surface area (Å²) in [6, 6.07) is 10.3. The van der Waals surface area contributed by atoms with Gasteiger partial charge in [0.15, 0.2) is 11.5 Å². The highest BCUT2D eigenvalue weighted by Gasteiger charge is 2.14. The average molecular weight is 272 g/mol. The van der Waals surface area contributed by atoms with Gasteiger partial charge in [-0.1, -0.05) is 30.3 Å². The Balaban J connectivity index is 2.19. The molecule has 0 saturated heterocycles. The molecule has 6 nitrogen and oxygen atoms in total. The lowest BCUT2D eigenvalue weighted by atomic mass is 10.1. The van der Waals surface area contributed by atoms with E-state index >= 15 is 0 Å². The summed E-state index contributed by atoms with van der Waals surface area (Å²) >= 11 is 0. The predicted molar refractivity (Wildman–Crippen MR) is 74.7 cm³/mol. The van der Waals surface area contributed by atoms with E-state index in [1.807, 2.05) is 30.3 Å². The monoisotopic (exact) mass is 272 g/mol. The van der Waals surface area contributed by atoms with Crippen molar-refractivity contribution in [2.24, 2.45) is 10.2 Å². The second kappa shape index (κ2) is 5.75. The van der Waals surface area contributed by atoms with Gasteiger partial charge in [-0.15, -0.1) is 0 Å². The van der Waals surface area contributed by atoms with Gasteiger partial charge in [0.2, 0.25) is 11.5 Å². The van der Waals surface area contributed by atoms with Crippen LogP contribution in [0.4, 0.5) is 0 Å². The lowest BCUT2D eigenvalue weighted by Gasteiger charge is -2.05. The Bertz CT molecular complexity index is 667. The maximum atomic E-state index is 9.55. The topological polar surface area (TPSA) is 106 Å². The maximum absolute atomic E-state index is 9.55. The molecule has 6 heteroatoms. The first-order valence-electron chi connectivity index (χ1n) is 5.68. The molecule has 102 valence electrons. The number of hydrogen-bond acceptors (Lipinski definition) is 6. The Morgan fingerprint density at radius 2 is 1.40 bits per heavy atom. The second-order valence-corrected chi connectivity index (χ2v) is 3.93. The summed E-state index contributed by atoms with van der Waals surface area (Å²) in [4.78, 5) is 0. The lowest BCUT2D eigenvalue weighted by molar-refractivity contribution is 0.345. The molecule has 0 amide bonds. The Morgan fingerprint density at radius 1 is 0.750 bits per heavy atom. The van der Waals surface area contributed by atoms with Crippen molar-refractivity contribution >= 4 is 12.4 Å². The summed E-state index contributed by atoms with van der Waals surface area (Å²) in [7, 11) is 0. The van der Waals surface area contributed by atoms with Gasteiger partial charge >= 0.3 is 0 Å². The Labute approximate surface area is 114 Å². The van der Waals surface area contributed by atoms with E-state index in [0.29, 0.717) is 0 Å². The molecule has 0 aliphatic rings. The van der Waals surface area contributed by atoms with Crippen LogP contribution in [0, 0.1) is 0 Å². The van der Waals surface area contributed by atoms with Crippen molar-refractivity contribution in [3.05, 3.63) is 47.5 Å². The van der Waals surface area contributed by atoms with Crippen molar-refractivity contribution in [3.63, 3.8) is 0 Å². The Morgan fingerprint density at radius 3 is 2.10 bits per heavy atom. The highest BCUT2D eigenvalue weighted by molar-refractivity contribution is 5.87. The molecular formula is C14H12N2O4. The van der Waals surface area contributed by atoms with E-state index in [9.17, 15) is 20.4 Å². The van der Waals surface area contributed by atoms with Crippen molar-refractivity contribution in [3.8, 4) is 23.0 Å². The van der Waals surface area contributed by atoms with E-state index in [0.717, 1.165) is 17.8 Å². The van der Waals surface area contributed by atoms with Gasteiger partial charge in [0.05, 0.1) is 12.4 Å². The van der Waals surface area contributed by atoms with Gasteiger partial charge in [0.25, 0.3) is 0 Å². The molecule has 0 radical (unpaired) electrons. The number of aromatic hydroxyl groups is 4. The lowest BCUT2D eigenvalue weighted by Crippen LogP contribution is -1.84. The van der Waals surface area contributed by atoms with E-state index in [4.69, 9.17) is 0 Å². The zero-order chi connectivity index (χ0) is 14.5. The van der Waals surface area contributed by atoms with Crippen molar-refractivity contribution in [1.82, 2.24) is 0 Å². The molecule has 2 rings (SSSR count). The number of benzene rings is 2. The van der Waals surface area contributed by atoms with Crippen LogP contribution in [-0.4, -0.2) is 32.9 Å². The summed E-state index contributed by atoms with van der Waals surface area (Å²) < 4.78 is 0. The van der Waals surface area contributed by atoms with Crippen molar-refractivity contribution in [1.29, 1.82) is 0 Å². The zero-order valence-electron chi connectivity index (χ0n) is 10.3. The summed E-state index contributed by atoms with van der Waals surface area (Å²) in [5.74, 6) is -2.74. The summed E-state index contributed by atoms with van der Waals surface area (Å²) in [5, 5.41) is 44.9. The van der Waals surface area contributed by atoms with Crippen LogP contribution in [0.1, 0.15) is 11.1 Å². The molecular weight excluding hydrogens is 260 g/mol. The number of phenolic OH excluding ortho intramolecular Hbond substituents is 4. The summed E-state index contributed by atoms with van der Waals surface area (Å²) in [5.41, 5.74) is 0.883. The van der Waals surface area contributed by atoms with Gasteiger partial charge < -0.3 is 20.4 Å². The van der Waals surface area contributed by atoms with E-state index in [-0.39, 0.29) is 5.56 Å². The SMILES string of the molecule is Oc1cc(C=NN=Cc2ccccc2)c(O)c(O)c1O. The molecule has 0 atom stereocenters. The van der Waals surface area contributed by atoms with Gasteiger partial charge in [-0.2, -0.15) is 10.2 Å². The molecule has 0 aliphatic heterocycles. The van der Waals surface area contributed by atoms with Gasteiger partial charge in [-0.25, -0.2) is 0 Å². The van der Waals surface area contributed by atoms with Crippen LogP contribution in [0.3, 0.4) is 0 Å². The fourth-order valence-corrected chi connectivity index (χ4v) is 1.49. The first kappa shape index (κ1) is 13.4. The van der Waals surface area contributed by atoms with E-state index in [2.05, 4.69) is 10.2 Å². The van der Waals surface area contributed by atoms with Crippen LogP contribution in [0.5, 0.6) is 23.0 Å². The molecule has 0 fully saturated rings. The highest BCUT2D eigenvalue weighted by Crippen LogP contribution is 2.43. The number of nitrogens with zero attached hydrogens (tertiary/aromatic N) is 2. The molecule has 0 aromatic heterocycles. The van der Waals surface area contributed by atoms with Gasteiger partial charge in [-0.05, 0) is 11.6 Å². The minimum absolute atomic E-state index is 0.0306. The van der Waals surface area contributed by atoms with Crippen LogP contribution in [0.15, 0.2) is 46.6 Å². The van der Waals surface area contributed by atoms with E-state index in [1.165, 1.54) is 6.21 Å². The number of hydrogen-bond donors (Lipinski definition) is 4. The smallest absolute Gasteiger partial charge is 0.204 e. The van der Waals surface area contributed by atoms with Crippen molar-refractivity contribution < 1.29 is 20.4 Å². The summed E-state index contributed by atoms with van der Waals surface area (Å²) in [6.07, 6.45) is 2.65. The Hall–Kier alpha value is -3.02. The average Bonchev–Trinajstić information content (AvgIpc) is 2.47. The summed E-state index contributed by atoms with van der Waals surface area (Å²) in [6.45, 7) is 0. The molecule has 0 bridgehead atoms.